The summed E-state index contributed by atoms with van der Waals surface area (Å²) < 4.78 is 37.6. The zero-order chi connectivity index (χ0) is 25.2. The summed E-state index contributed by atoms with van der Waals surface area (Å²) in [6.45, 7) is 4.81. The summed E-state index contributed by atoms with van der Waals surface area (Å²) in [5, 5.41) is 5.50. The number of imidazole rings is 1. The maximum atomic E-state index is 14.3. The predicted octanol–water partition coefficient (Wildman–Crippen LogP) is 6.51. The fourth-order valence-electron chi connectivity index (χ4n) is 5.05. The van der Waals surface area contributed by atoms with Crippen molar-refractivity contribution in [2.45, 2.75) is 71.4 Å². The van der Waals surface area contributed by atoms with Crippen molar-refractivity contribution in [1.29, 1.82) is 0 Å². The highest BCUT2D eigenvalue weighted by atomic mass is 19.1. The Morgan fingerprint density at radius 2 is 2.03 bits per heavy atom. The monoisotopic (exact) mass is 495 g/mol. The van der Waals surface area contributed by atoms with Gasteiger partial charge in [-0.2, -0.15) is 5.10 Å². The van der Waals surface area contributed by atoms with Gasteiger partial charge in [-0.05, 0) is 38.2 Å². The van der Waals surface area contributed by atoms with Crippen molar-refractivity contribution in [3.63, 3.8) is 0 Å². The van der Waals surface area contributed by atoms with E-state index in [9.17, 15) is 13.6 Å². The number of carbonyl (C=O) groups is 1. The van der Waals surface area contributed by atoms with Crippen LogP contribution in [0.3, 0.4) is 0 Å². The smallest absolute Gasteiger partial charge is 0.184 e. The normalized spacial score (nSPS) is 17.2. The van der Waals surface area contributed by atoms with Crippen LogP contribution >= 0.6 is 0 Å². The van der Waals surface area contributed by atoms with Crippen LogP contribution in [0.2, 0.25) is 0 Å². The zero-order valence-electron chi connectivity index (χ0n) is 20.7. The van der Waals surface area contributed by atoms with E-state index in [1.54, 1.807) is 16.9 Å². The molecule has 1 aliphatic rings. The van der Waals surface area contributed by atoms with Gasteiger partial charge >= 0.3 is 0 Å². The highest BCUT2D eigenvalue weighted by Crippen LogP contribution is 2.34. The molecule has 1 aliphatic heterocycles. The van der Waals surface area contributed by atoms with Crippen LogP contribution in [-0.4, -0.2) is 36.5 Å². The lowest BCUT2D eigenvalue weighted by molar-refractivity contribution is -0.0365. The Balaban J connectivity index is 1.62. The molecule has 5 rings (SSSR count). The van der Waals surface area contributed by atoms with Crippen LogP contribution in [0.25, 0.3) is 27.9 Å². The second-order valence-corrected chi connectivity index (χ2v) is 9.51. The topological polar surface area (TPSA) is 74.3 Å². The molecule has 190 valence electrons. The number of rotatable bonds is 9. The second kappa shape index (κ2) is 10.4. The number of nitrogens with zero attached hydrogens (tertiary/aromatic N) is 5. The van der Waals surface area contributed by atoms with Crippen molar-refractivity contribution in [3.8, 4) is 11.4 Å². The molecule has 5 heterocycles. The molecule has 0 amide bonds. The van der Waals surface area contributed by atoms with Gasteiger partial charge in [0.1, 0.15) is 17.2 Å². The molecule has 36 heavy (non-hydrogen) atoms. The summed E-state index contributed by atoms with van der Waals surface area (Å²) in [4.78, 5) is 22.0. The van der Waals surface area contributed by atoms with Crippen molar-refractivity contribution in [3.05, 3.63) is 48.1 Å². The van der Waals surface area contributed by atoms with Gasteiger partial charge in [0.2, 0.25) is 0 Å². The van der Waals surface area contributed by atoms with Gasteiger partial charge in [0.25, 0.3) is 0 Å². The maximum absolute atomic E-state index is 14.3. The van der Waals surface area contributed by atoms with Crippen molar-refractivity contribution in [2.75, 3.05) is 6.61 Å². The molecule has 4 aromatic rings. The third-order valence-electron chi connectivity index (χ3n) is 7.06. The van der Waals surface area contributed by atoms with Crippen LogP contribution < -0.4 is 0 Å². The predicted molar refractivity (Wildman–Crippen MR) is 133 cm³/mol. The molecule has 1 saturated heterocycles. The number of Topliss-reactive ketones (excluding diaryl/α,β-unsaturated/α-hetero) is 1. The van der Waals surface area contributed by atoms with Crippen molar-refractivity contribution in [2.24, 2.45) is 5.92 Å². The van der Waals surface area contributed by atoms with Crippen LogP contribution in [0.4, 0.5) is 8.78 Å². The number of carbonyl (C=O) groups excluding carboxylic acids is 1. The lowest BCUT2D eigenvalue weighted by atomic mass is 9.92. The lowest BCUT2D eigenvalue weighted by Crippen LogP contribution is -2.19. The molecule has 2 unspecified atom stereocenters. The maximum Gasteiger partial charge on any atom is 0.184 e. The Labute approximate surface area is 208 Å². The summed E-state index contributed by atoms with van der Waals surface area (Å²) in [7, 11) is 0. The minimum Gasteiger partial charge on any atom is -0.356 e. The molecule has 0 bridgehead atoms. The van der Waals surface area contributed by atoms with E-state index in [1.165, 1.54) is 16.8 Å². The third-order valence-corrected chi connectivity index (χ3v) is 7.06. The summed E-state index contributed by atoms with van der Waals surface area (Å²) in [5.41, 5.74) is 2.06. The number of unbranched alkanes of at least 4 members (excludes halogenated alkanes) is 2. The van der Waals surface area contributed by atoms with E-state index < -0.39 is 11.6 Å². The third kappa shape index (κ3) is 4.52. The van der Waals surface area contributed by atoms with Gasteiger partial charge in [-0.25, -0.2) is 18.4 Å². The fraction of sp³-hybridized carbons (Fsp3) is 0.481. The highest BCUT2D eigenvalue weighted by Gasteiger charge is 2.26. The van der Waals surface area contributed by atoms with Gasteiger partial charge in [0, 0.05) is 36.4 Å². The van der Waals surface area contributed by atoms with Crippen molar-refractivity contribution in [1.82, 2.24) is 24.1 Å². The molecule has 1 fully saturated rings. The van der Waals surface area contributed by atoms with E-state index in [2.05, 4.69) is 16.9 Å². The summed E-state index contributed by atoms with van der Waals surface area (Å²) >= 11 is 0. The largest absolute Gasteiger partial charge is 0.356 e. The van der Waals surface area contributed by atoms with E-state index in [1.807, 2.05) is 6.92 Å². The van der Waals surface area contributed by atoms with Crippen LogP contribution in [0.5, 0.6) is 0 Å². The minimum absolute atomic E-state index is 0.0145. The Morgan fingerprint density at radius 1 is 1.17 bits per heavy atom. The molecular weight excluding hydrogens is 464 g/mol. The van der Waals surface area contributed by atoms with E-state index in [0.29, 0.717) is 34.6 Å². The molecule has 9 heteroatoms. The number of hydrogen-bond acceptors (Lipinski definition) is 5. The number of ketones is 1. The molecule has 0 radical (unpaired) electrons. The summed E-state index contributed by atoms with van der Waals surface area (Å²) in [5.74, 6) is -1.50. The van der Waals surface area contributed by atoms with Gasteiger partial charge in [-0.1, -0.05) is 33.1 Å². The molecular formula is C27H31F2N5O2. The molecule has 0 aromatic carbocycles. The van der Waals surface area contributed by atoms with Crippen LogP contribution in [0.15, 0.2) is 30.7 Å². The van der Waals surface area contributed by atoms with Gasteiger partial charge in [0.05, 0.1) is 17.4 Å². The molecule has 0 aliphatic carbocycles. The van der Waals surface area contributed by atoms with Gasteiger partial charge < -0.3 is 4.74 Å². The lowest BCUT2D eigenvalue weighted by Gasteiger charge is -2.23. The first-order chi connectivity index (χ1) is 17.5. The standard InChI is InChI=1S/C27H31F2N5O2/c1-3-5-6-9-17(4-2)26(35)21-13-22-19(14-30-21)25(32-34(22)24-10-7-8-11-36-24)23-15-31-27-20(29)12-18(28)16-33(23)27/h12-17,24H,3-11H2,1-2H3. The Bertz CT molecular complexity index is 1390. The van der Waals surface area contributed by atoms with Crippen LogP contribution in [0, 0.1) is 17.6 Å². The Kier molecular flexibility index (Phi) is 7.09. The first kappa shape index (κ1) is 24.5. The van der Waals surface area contributed by atoms with Gasteiger partial charge in [-0.15, -0.1) is 0 Å². The van der Waals surface area contributed by atoms with E-state index in [-0.39, 0.29) is 23.6 Å². The number of halogens is 2. The summed E-state index contributed by atoms with van der Waals surface area (Å²) in [6, 6.07) is 2.60. The first-order valence-electron chi connectivity index (χ1n) is 12.9. The van der Waals surface area contributed by atoms with Gasteiger partial charge in [0.15, 0.2) is 23.5 Å². The number of hydrogen-bond donors (Lipinski definition) is 0. The fourth-order valence-corrected chi connectivity index (χ4v) is 5.05. The number of aromatic nitrogens is 5. The molecule has 0 spiro atoms. The second-order valence-electron chi connectivity index (χ2n) is 9.51. The summed E-state index contributed by atoms with van der Waals surface area (Å²) in [6.07, 6.45) is 11.6. The zero-order valence-corrected chi connectivity index (χ0v) is 20.7. The molecule has 0 N–H and O–H groups in total. The highest BCUT2D eigenvalue weighted by molar-refractivity contribution is 6.01. The quantitative estimate of drug-likeness (QED) is 0.195. The molecule has 2 atom stereocenters. The first-order valence-corrected chi connectivity index (χ1v) is 12.9. The van der Waals surface area contributed by atoms with E-state index >= 15 is 0 Å². The minimum atomic E-state index is -0.750. The van der Waals surface area contributed by atoms with Crippen LogP contribution in [0.1, 0.15) is 81.9 Å². The van der Waals surface area contributed by atoms with E-state index in [0.717, 1.165) is 57.4 Å². The number of pyridine rings is 2. The van der Waals surface area contributed by atoms with Crippen molar-refractivity contribution >= 4 is 22.3 Å². The van der Waals surface area contributed by atoms with Crippen molar-refractivity contribution < 1.29 is 18.3 Å². The molecule has 7 nitrogen and oxygen atoms in total. The Hall–Kier alpha value is -3.20. The SMILES string of the molecule is CCCCCC(CC)C(=O)c1cc2c(cn1)c(-c1cnc3c(F)cc(F)cn13)nn2C1CCCCO1. The van der Waals surface area contributed by atoms with Crippen LogP contribution in [-0.2, 0) is 4.74 Å². The Morgan fingerprint density at radius 3 is 2.78 bits per heavy atom. The average molecular weight is 496 g/mol. The number of fused-ring (bicyclic) bond motifs is 2. The van der Waals surface area contributed by atoms with E-state index in [4.69, 9.17) is 9.84 Å². The molecule has 4 aromatic heterocycles. The van der Waals surface area contributed by atoms with Gasteiger partial charge in [-0.3, -0.25) is 14.2 Å². The molecule has 0 saturated carbocycles. The number of ether oxygens (including phenoxy) is 1. The average Bonchev–Trinajstić information content (AvgIpc) is 3.48.